The number of aryl methyl sites for hydroxylation is 1. The molecule has 3 aliphatic heterocycles. The second kappa shape index (κ2) is 9.29. The number of hydrogen-bond acceptors (Lipinski definition) is 6. The second-order valence-corrected chi connectivity index (χ2v) is 10.0. The molecular weight excluding hydrogens is 412 g/mol. The van der Waals surface area contributed by atoms with Crippen molar-refractivity contribution < 1.29 is 4.79 Å². The van der Waals surface area contributed by atoms with Crippen molar-refractivity contribution in [2.24, 2.45) is 5.92 Å². The number of nitrogens with zero attached hydrogens (tertiary/aromatic N) is 6. The molecule has 0 saturated carbocycles. The fourth-order valence-corrected chi connectivity index (χ4v) is 5.17. The van der Waals surface area contributed by atoms with Gasteiger partial charge in [0, 0.05) is 63.4 Å². The molecule has 0 aliphatic carbocycles. The van der Waals surface area contributed by atoms with Gasteiger partial charge < -0.3 is 19.6 Å². The Morgan fingerprint density at radius 3 is 2.39 bits per heavy atom. The number of hydrogen-bond donors (Lipinski definition) is 0. The van der Waals surface area contributed by atoms with Crippen molar-refractivity contribution >= 4 is 17.7 Å². The van der Waals surface area contributed by atoms with E-state index in [9.17, 15) is 4.79 Å². The Morgan fingerprint density at radius 1 is 0.939 bits per heavy atom. The number of piperidine rings is 1. The summed E-state index contributed by atoms with van der Waals surface area (Å²) in [5.74, 6) is 2.80. The highest BCUT2D eigenvalue weighted by molar-refractivity contribution is 5.95. The molecule has 1 aromatic carbocycles. The standard InChI is InChI=1S/C26H36N6O/c1-19-8-11-30(12-9-19)24-22-18-32(25(33)21-7-5-4-6-20(21)2)13-10-23(22)27-26(28-24)31-16-14-29(3)15-17-31/h4-7,19H,8-18H2,1-3H3. The van der Waals surface area contributed by atoms with Gasteiger partial charge in [-0.15, -0.1) is 0 Å². The maximum atomic E-state index is 13.4. The van der Waals surface area contributed by atoms with Crippen LogP contribution in [-0.2, 0) is 13.0 Å². The van der Waals surface area contributed by atoms with Crippen LogP contribution >= 0.6 is 0 Å². The minimum atomic E-state index is 0.111. The molecule has 7 heteroatoms. The molecule has 176 valence electrons. The van der Waals surface area contributed by atoms with E-state index in [2.05, 4.69) is 28.7 Å². The molecule has 0 spiro atoms. The molecule has 2 saturated heterocycles. The summed E-state index contributed by atoms with van der Waals surface area (Å²) in [6, 6.07) is 7.88. The summed E-state index contributed by atoms with van der Waals surface area (Å²) in [5.41, 5.74) is 4.10. The Balaban J connectivity index is 1.47. The molecule has 5 rings (SSSR count). The van der Waals surface area contributed by atoms with E-state index in [1.54, 1.807) is 0 Å². The zero-order valence-electron chi connectivity index (χ0n) is 20.3. The van der Waals surface area contributed by atoms with Crippen molar-refractivity contribution in [2.75, 3.05) is 62.7 Å². The van der Waals surface area contributed by atoms with Gasteiger partial charge in [-0.1, -0.05) is 25.1 Å². The maximum Gasteiger partial charge on any atom is 0.254 e. The minimum Gasteiger partial charge on any atom is -0.356 e. The molecule has 1 aromatic heterocycles. The molecule has 33 heavy (non-hydrogen) atoms. The van der Waals surface area contributed by atoms with Gasteiger partial charge in [-0.25, -0.2) is 4.98 Å². The van der Waals surface area contributed by atoms with E-state index < -0.39 is 0 Å². The van der Waals surface area contributed by atoms with Crippen molar-refractivity contribution in [1.82, 2.24) is 19.8 Å². The van der Waals surface area contributed by atoms with E-state index in [1.807, 2.05) is 36.1 Å². The molecule has 0 N–H and O–H groups in total. The fourth-order valence-electron chi connectivity index (χ4n) is 5.17. The van der Waals surface area contributed by atoms with Gasteiger partial charge in [-0.3, -0.25) is 4.79 Å². The highest BCUT2D eigenvalue weighted by Gasteiger charge is 2.31. The Kier molecular flexibility index (Phi) is 6.23. The third-order valence-corrected chi connectivity index (χ3v) is 7.56. The average molecular weight is 449 g/mol. The van der Waals surface area contributed by atoms with Crippen molar-refractivity contribution in [3.05, 3.63) is 46.6 Å². The Morgan fingerprint density at radius 2 is 1.67 bits per heavy atom. The highest BCUT2D eigenvalue weighted by atomic mass is 16.2. The van der Waals surface area contributed by atoms with Gasteiger partial charge in [-0.2, -0.15) is 4.98 Å². The largest absolute Gasteiger partial charge is 0.356 e. The number of piperazine rings is 1. The number of aromatic nitrogens is 2. The molecule has 0 unspecified atom stereocenters. The molecule has 2 fully saturated rings. The van der Waals surface area contributed by atoms with Gasteiger partial charge in [-0.05, 0) is 44.4 Å². The third-order valence-electron chi connectivity index (χ3n) is 7.56. The van der Waals surface area contributed by atoms with Crippen LogP contribution in [0.15, 0.2) is 24.3 Å². The van der Waals surface area contributed by atoms with Crippen LogP contribution in [0.4, 0.5) is 11.8 Å². The number of amides is 1. The second-order valence-electron chi connectivity index (χ2n) is 10.0. The van der Waals surface area contributed by atoms with Gasteiger partial charge in [0.25, 0.3) is 5.91 Å². The lowest BCUT2D eigenvalue weighted by Gasteiger charge is -2.38. The number of likely N-dealkylation sites (N-methyl/N-ethyl adjacent to an activating group) is 1. The smallest absolute Gasteiger partial charge is 0.254 e. The van der Waals surface area contributed by atoms with Crippen LogP contribution in [0.25, 0.3) is 0 Å². The lowest BCUT2D eigenvalue weighted by Crippen LogP contribution is -2.46. The van der Waals surface area contributed by atoms with E-state index in [4.69, 9.17) is 9.97 Å². The van der Waals surface area contributed by atoms with Crippen molar-refractivity contribution in [3.8, 4) is 0 Å². The predicted molar refractivity (Wildman–Crippen MR) is 132 cm³/mol. The van der Waals surface area contributed by atoms with E-state index in [1.165, 1.54) is 12.8 Å². The fraction of sp³-hybridized carbons (Fsp3) is 0.577. The van der Waals surface area contributed by atoms with Gasteiger partial charge in [0.15, 0.2) is 0 Å². The van der Waals surface area contributed by atoms with Crippen LogP contribution < -0.4 is 9.80 Å². The van der Waals surface area contributed by atoms with Gasteiger partial charge in [0.1, 0.15) is 5.82 Å². The van der Waals surface area contributed by atoms with Crippen molar-refractivity contribution in [3.63, 3.8) is 0 Å². The molecule has 0 radical (unpaired) electrons. The molecule has 1 amide bonds. The minimum absolute atomic E-state index is 0.111. The first kappa shape index (κ1) is 22.1. The average Bonchev–Trinajstić information content (AvgIpc) is 2.84. The number of benzene rings is 1. The molecule has 7 nitrogen and oxygen atoms in total. The first-order valence-corrected chi connectivity index (χ1v) is 12.4. The Hall–Kier alpha value is -2.67. The number of anilines is 2. The van der Waals surface area contributed by atoms with Gasteiger partial charge in [0.2, 0.25) is 5.95 Å². The van der Waals surface area contributed by atoms with E-state index >= 15 is 0 Å². The molecule has 0 bridgehead atoms. The number of rotatable bonds is 3. The first-order chi connectivity index (χ1) is 16.0. The molecular formula is C26H36N6O. The van der Waals surface area contributed by atoms with Crippen LogP contribution in [0.2, 0.25) is 0 Å². The normalized spacial score (nSPS) is 20.2. The SMILES string of the molecule is Cc1ccccc1C(=O)N1CCc2nc(N3CCN(C)CC3)nc(N3CCC(C)CC3)c2C1. The summed E-state index contributed by atoms with van der Waals surface area (Å²) in [4.78, 5) is 32.7. The summed E-state index contributed by atoms with van der Waals surface area (Å²) >= 11 is 0. The molecule has 3 aliphatic rings. The summed E-state index contributed by atoms with van der Waals surface area (Å²) in [6.45, 7) is 11.7. The lowest BCUT2D eigenvalue weighted by molar-refractivity contribution is 0.0733. The highest BCUT2D eigenvalue weighted by Crippen LogP contribution is 2.32. The zero-order valence-corrected chi connectivity index (χ0v) is 20.3. The first-order valence-electron chi connectivity index (χ1n) is 12.4. The van der Waals surface area contributed by atoms with E-state index in [-0.39, 0.29) is 5.91 Å². The maximum absolute atomic E-state index is 13.4. The van der Waals surface area contributed by atoms with Crippen molar-refractivity contribution in [2.45, 2.75) is 39.7 Å². The Labute approximate surface area is 197 Å². The third kappa shape index (κ3) is 4.56. The van der Waals surface area contributed by atoms with E-state index in [0.29, 0.717) is 13.1 Å². The van der Waals surface area contributed by atoms with Crippen LogP contribution in [-0.4, -0.2) is 78.5 Å². The van der Waals surface area contributed by atoms with Crippen molar-refractivity contribution in [1.29, 1.82) is 0 Å². The quantitative estimate of drug-likeness (QED) is 0.720. The van der Waals surface area contributed by atoms with Crippen LogP contribution in [0.1, 0.15) is 46.9 Å². The van der Waals surface area contributed by atoms with Crippen LogP contribution in [0, 0.1) is 12.8 Å². The Bertz CT molecular complexity index is 1010. The lowest BCUT2D eigenvalue weighted by atomic mass is 9.97. The monoisotopic (exact) mass is 448 g/mol. The number of carbonyl (C=O) groups excluding carboxylic acids is 1. The summed E-state index contributed by atoms with van der Waals surface area (Å²) in [7, 11) is 2.17. The summed E-state index contributed by atoms with van der Waals surface area (Å²) in [5, 5.41) is 0. The number of carbonyl (C=O) groups is 1. The summed E-state index contributed by atoms with van der Waals surface area (Å²) in [6.07, 6.45) is 3.16. The molecule has 2 aromatic rings. The topological polar surface area (TPSA) is 55.8 Å². The van der Waals surface area contributed by atoms with Crippen LogP contribution in [0.5, 0.6) is 0 Å². The van der Waals surface area contributed by atoms with E-state index in [0.717, 1.165) is 85.8 Å². The molecule has 0 atom stereocenters. The predicted octanol–water partition coefficient (Wildman–Crippen LogP) is 2.97. The van der Waals surface area contributed by atoms with Gasteiger partial charge in [0.05, 0.1) is 12.2 Å². The van der Waals surface area contributed by atoms with Gasteiger partial charge >= 0.3 is 0 Å². The number of fused-ring (bicyclic) bond motifs is 1. The summed E-state index contributed by atoms with van der Waals surface area (Å²) < 4.78 is 0. The zero-order chi connectivity index (χ0) is 22.9. The molecule has 4 heterocycles. The van der Waals surface area contributed by atoms with Crippen LogP contribution in [0.3, 0.4) is 0 Å².